The first-order valence-electron chi connectivity index (χ1n) is 13.6. The maximum absolute atomic E-state index is 13.2. The summed E-state index contributed by atoms with van der Waals surface area (Å²) < 4.78 is 6.32. The number of aryl methyl sites for hydroxylation is 1. The Hall–Kier alpha value is -2.49. The number of anilines is 1. The van der Waals surface area contributed by atoms with Gasteiger partial charge in [-0.05, 0) is 75.4 Å². The van der Waals surface area contributed by atoms with E-state index < -0.39 is 6.04 Å². The normalized spacial score (nSPS) is 29.8. The van der Waals surface area contributed by atoms with Gasteiger partial charge in [-0.25, -0.2) is 0 Å². The van der Waals surface area contributed by atoms with Crippen LogP contribution in [0.4, 0.5) is 5.69 Å². The second-order valence-corrected chi connectivity index (χ2v) is 11.1. The Morgan fingerprint density at radius 2 is 1.69 bits per heavy atom. The molecule has 9 heteroatoms. The van der Waals surface area contributed by atoms with Gasteiger partial charge in [-0.3, -0.25) is 24.6 Å². The van der Waals surface area contributed by atoms with Crippen LogP contribution >= 0.6 is 0 Å². The van der Waals surface area contributed by atoms with Crippen LogP contribution in [0.5, 0.6) is 0 Å². The van der Waals surface area contributed by atoms with Crippen molar-refractivity contribution in [2.75, 3.05) is 44.2 Å². The van der Waals surface area contributed by atoms with Crippen LogP contribution in [-0.4, -0.2) is 91.1 Å². The third-order valence-electron chi connectivity index (χ3n) is 8.74. The number of rotatable bonds is 5. The molecule has 1 aromatic carbocycles. The molecule has 0 bridgehead atoms. The predicted molar refractivity (Wildman–Crippen MR) is 135 cm³/mol. The average Bonchev–Trinajstić information content (AvgIpc) is 3.18. The second-order valence-electron chi connectivity index (χ2n) is 11.1. The lowest BCUT2D eigenvalue weighted by atomic mass is 9.87. The van der Waals surface area contributed by atoms with Crippen molar-refractivity contribution < 1.29 is 19.1 Å². The molecule has 1 aromatic rings. The van der Waals surface area contributed by atoms with Gasteiger partial charge in [0.05, 0.1) is 12.2 Å². The smallest absolute Gasteiger partial charge is 0.255 e. The van der Waals surface area contributed by atoms with Crippen LogP contribution in [0.3, 0.4) is 0 Å². The number of hydrogen-bond donors (Lipinski definition) is 2. The lowest BCUT2D eigenvalue weighted by molar-refractivity contribution is -0.136. The van der Waals surface area contributed by atoms with Crippen LogP contribution in [0.25, 0.3) is 0 Å². The summed E-state index contributed by atoms with van der Waals surface area (Å²) in [5.41, 5.74) is 3.82. The highest BCUT2D eigenvalue weighted by molar-refractivity contribution is 6.06. The molecule has 0 aromatic heterocycles. The topological polar surface area (TPSA) is 94.2 Å². The fourth-order valence-corrected chi connectivity index (χ4v) is 6.58. The molecule has 3 saturated heterocycles. The SMILES string of the molecule is Cc1cc(N2CCN(C3CC(OC4CCNCC4)C3)CC2)cc2c1C(=O)N(C1CCC(=O)NC1=O)C2. The van der Waals surface area contributed by atoms with Crippen LogP contribution < -0.4 is 15.5 Å². The standard InChI is InChI=1S/C27H37N5O4/c1-17-12-19(13-18-16-32(27(35)25(17)18)23-2-3-24(33)29-26(23)34)30-8-10-31(11-9-30)20-14-22(15-20)36-21-4-6-28-7-5-21/h12-13,20-23,28H,2-11,14-16H2,1H3,(H,29,33,34). The molecule has 6 rings (SSSR count). The first kappa shape index (κ1) is 23.9. The molecular formula is C27H37N5O4. The molecule has 1 atom stereocenters. The lowest BCUT2D eigenvalue weighted by Crippen LogP contribution is -2.56. The summed E-state index contributed by atoms with van der Waals surface area (Å²) in [6.45, 7) is 8.60. The minimum absolute atomic E-state index is 0.0976. The number of nitrogens with one attached hydrogen (secondary N) is 2. The van der Waals surface area contributed by atoms with Crippen molar-refractivity contribution >= 4 is 23.4 Å². The van der Waals surface area contributed by atoms with E-state index >= 15 is 0 Å². The summed E-state index contributed by atoms with van der Waals surface area (Å²) in [4.78, 5) is 43.8. The zero-order valence-corrected chi connectivity index (χ0v) is 21.1. The van der Waals surface area contributed by atoms with E-state index in [0.29, 0.717) is 31.2 Å². The Labute approximate surface area is 212 Å². The van der Waals surface area contributed by atoms with Crippen molar-refractivity contribution in [1.29, 1.82) is 0 Å². The zero-order chi connectivity index (χ0) is 24.8. The van der Waals surface area contributed by atoms with E-state index in [1.807, 2.05) is 6.92 Å². The number of fused-ring (bicyclic) bond motifs is 1. The second kappa shape index (κ2) is 9.76. The molecule has 4 fully saturated rings. The summed E-state index contributed by atoms with van der Waals surface area (Å²) in [5.74, 6) is -0.717. The molecule has 1 aliphatic carbocycles. The van der Waals surface area contributed by atoms with E-state index in [4.69, 9.17) is 4.74 Å². The predicted octanol–water partition coefficient (Wildman–Crippen LogP) is 1.18. The average molecular weight is 496 g/mol. The van der Waals surface area contributed by atoms with Gasteiger partial charge >= 0.3 is 0 Å². The monoisotopic (exact) mass is 495 g/mol. The molecule has 9 nitrogen and oxygen atoms in total. The number of carbonyl (C=O) groups is 3. The molecule has 36 heavy (non-hydrogen) atoms. The van der Waals surface area contributed by atoms with Gasteiger partial charge in [0.15, 0.2) is 0 Å². The van der Waals surface area contributed by atoms with Crippen LogP contribution in [0.2, 0.25) is 0 Å². The molecule has 4 heterocycles. The molecule has 1 saturated carbocycles. The number of benzene rings is 1. The van der Waals surface area contributed by atoms with Crippen molar-refractivity contribution in [3.05, 3.63) is 28.8 Å². The van der Waals surface area contributed by atoms with Crippen LogP contribution in [0, 0.1) is 6.92 Å². The van der Waals surface area contributed by atoms with E-state index in [-0.39, 0.29) is 24.1 Å². The first-order chi connectivity index (χ1) is 17.5. The number of piperidine rings is 2. The Bertz CT molecular complexity index is 1040. The largest absolute Gasteiger partial charge is 0.375 e. The van der Waals surface area contributed by atoms with Crippen LogP contribution in [-0.2, 0) is 20.9 Å². The molecule has 4 aliphatic heterocycles. The third kappa shape index (κ3) is 4.53. The quantitative estimate of drug-likeness (QED) is 0.593. The van der Waals surface area contributed by atoms with Gasteiger partial charge in [-0.2, -0.15) is 0 Å². The van der Waals surface area contributed by atoms with Crippen molar-refractivity contribution in [2.24, 2.45) is 0 Å². The van der Waals surface area contributed by atoms with Crippen LogP contribution in [0.1, 0.15) is 60.0 Å². The fourth-order valence-electron chi connectivity index (χ4n) is 6.58. The summed E-state index contributed by atoms with van der Waals surface area (Å²) in [5, 5.41) is 5.78. The van der Waals surface area contributed by atoms with Gasteiger partial charge in [0.25, 0.3) is 5.91 Å². The Morgan fingerprint density at radius 3 is 2.42 bits per heavy atom. The highest BCUT2D eigenvalue weighted by atomic mass is 16.5. The van der Waals surface area contributed by atoms with E-state index in [9.17, 15) is 14.4 Å². The van der Waals surface area contributed by atoms with Gasteiger partial charge < -0.3 is 19.9 Å². The van der Waals surface area contributed by atoms with Crippen molar-refractivity contribution in [3.63, 3.8) is 0 Å². The van der Waals surface area contributed by atoms with Crippen molar-refractivity contribution in [3.8, 4) is 0 Å². The Balaban J connectivity index is 1.04. The fraction of sp³-hybridized carbons (Fsp3) is 0.667. The molecule has 194 valence electrons. The maximum atomic E-state index is 13.2. The Morgan fingerprint density at radius 1 is 0.944 bits per heavy atom. The molecule has 0 radical (unpaired) electrons. The molecular weight excluding hydrogens is 458 g/mol. The third-order valence-corrected chi connectivity index (χ3v) is 8.74. The molecule has 0 spiro atoms. The van der Waals surface area contributed by atoms with Gasteiger partial charge in [-0.1, -0.05) is 0 Å². The lowest BCUT2D eigenvalue weighted by Gasteiger charge is -2.47. The van der Waals surface area contributed by atoms with Crippen molar-refractivity contribution in [1.82, 2.24) is 20.4 Å². The maximum Gasteiger partial charge on any atom is 0.255 e. The molecule has 2 N–H and O–H groups in total. The first-order valence-corrected chi connectivity index (χ1v) is 13.6. The minimum Gasteiger partial charge on any atom is -0.375 e. The number of imide groups is 1. The number of carbonyl (C=O) groups excluding carboxylic acids is 3. The minimum atomic E-state index is -0.570. The Kier molecular flexibility index (Phi) is 6.47. The number of nitrogens with zero attached hydrogens (tertiary/aromatic N) is 3. The number of amides is 3. The van der Waals surface area contributed by atoms with E-state index in [1.54, 1.807) is 4.90 Å². The van der Waals surface area contributed by atoms with E-state index in [0.717, 1.165) is 87.3 Å². The summed E-state index contributed by atoms with van der Waals surface area (Å²) >= 11 is 0. The number of hydrogen-bond acceptors (Lipinski definition) is 7. The van der Waals surface area contributed by atoms with E-state index in [2.05, 4.69) is 32.6 Å². The highest BCUT2D eigenvalue weighted by Gasteiger charge is 2.41. The summed E-state index contributed by atoms with van der Waals surface area (Å²) in [6, 6.07) is 4.32. The highest BCUT2D eigenvalue weighted by Crippen LogP contribution is 2.35. The number of piperazine rings is 1. The number of ether oxygens (including phenoxy) is 1. The molecule has 5 aliphatic rings. The van der Waals surface area contributed by atoms with Crippen molar-refractivity contribution in [2.45, 2.75) is 76.3 Å². The van der Waals surface area contributed by atoms with Gasteiger partial charge in [0.1, 0.15) is 6.04 Å². The zero-order valence-electron chi connectivity index (χ0n) is 21.1. The summed E-state index contributed by atoms with van der Waals surface area (Å²) in [7, 11) is 0. The molecule has 1 unspecified atom stereocenters. The van der Waals surface area contributed by atoms with Gasteiger partial charge in [0, 0.05) is 56.4 Å². The van der Waals surface area contributed by atoms with E-state index in [1.165, 1.54) is 0 Å². The molecule has 3 amide bonds. The van der Waals surface area contributed by atoms with Gasteiger partial charge in [0.2, 0.25) is 11.8 Å². The van der Waals surface area contributed by atoms with Gasteiger partial charge in [-0.15, -0.1) is 0 Å². The summed E-state index contributed by atoms with van der Waals surface area (Å²) in [6.07, 6.45) is 6.11. The van der Waals surface area contributed by atoms with Crippen LogP contribution in [0.15, 0.2) is 12.1 Å².